The summed E-state index contributed by atoms with van der Waals surface area (Å²) in [6, 6.07) is 13.0. The van der Waals surface area contributed by atoms with Gasteiger partial charge in [-0.15, -0.1) is 0 Å². The molecule has 0 radical (unpaired) electrons. The molecule has 0 aliphatic rings. The van der Waals surface area contributed by atoms with Gasteiger partial charge < -0.3 is 15.5 Å². The van der Waals surface area contributed by atoms with Gasteiger partial charge in [0.15, 0.2) is 0 Å². The van der Waals surface area contributed by atoms with Crippen LogP contribution in [0.15, 0.2) is 47.8 Å². The summed E-state index contributed by atoms with van der Waals surface area (Å²) in [5.74, 6) is 0. The Morgan fingerprint density at radius 1 is 0.952 bits per heavy atom. The van der Waals surface area contributed by atoms with Crippen LogP contribution in [0.3, 0.4) is 0 Å². The molecule has 2 aromatic carbocycles. The smallest absolute Gasteiger partial charge is 0.0440 e. The summed E-state index contributed by atoms with van der Waals surface area (Å²) in [6.07, 6.45) is 0.851. The van der Waals surface area contributed by atoms with Crippen molar-refractivity contribution in [2.24, 2.45) is 5.73 Å². The van der Waals surface area contributed by atoms with E-state index in [2.05, 4.69) is 60.3 Å². The molecule has 0 heterocycles. The predicted molar refractivity (Wildman–Crippen MR) is 92.6 cm³/mol. The fourth-order valence-electron chi connectivity index (χ4n) is 2.72. The average Bonchev–Trinajstić information content (AvgIpc) is 2.43. The van der Waals surface area contributed by atoms with Crippen molar-refractivity contribution in [2.45, 2.75) is 13.3 Å². The van der Waals surface area contributed by atoms with Crippen LogP contribution in [0.5, 0.6) is 0 Å². The molecular formula is C18H25N3. The Morgan fingerprint density at radius 2 is 1.57 bits per heavy atom. The zero-order valence-electron chi connectivity index (χ0n) is 13.6. The minimum atomic E-state index is 0.851. The first-order valence-electron chi connectivity index (χ1n) is 7.22. The van der Waals surface area contributed by atoms with E-state index in [1.54, 1.807) is 0 Å². The number of rotatable bonds is 4. The maximum absolute atomic E-state index is 6.04. The number of fused-ring (bicyclic) bond motifs is 1. The molecular weight excluding hydrogens is 258 g/mol. The van der Waals surface area contributed by atoms with Gasteiger partial charge in [-0.05, 0) is 23.9 Å². The molecule has 0 amide bonds. The second-order valence-corrected chi connectivity index (χ2v) is 5.88. The molecule has 0 saturated heterocycles. The maximum Gasteiger partial charge on any atom is 0.0440 e. The lowest BCUT2D eigenvalue weighted by molar-refractivity contribution is 0.490. The van der Waals surface area contributed by atoms with Gasteiger partial charge in [0.2, 0.25) is 0 Å². The highest BCUT2D eigenvalue weighted by Gasteiger charge is 2.11. The number of benzene rings is 2. The van der Waals surface area contributed by atoms with E-state index in [1.165, 1.54) is 22.0 Å². The molecule has 2 rings (SSSR count). The Morgan fingerprint density at radius 3 is 2.10 bits per heavy atom. The Hall–Kier alpha value is -2.16. The molecule has 0 bridgehead atoms. The second-order valence-electron chi connectivity index (χ2n) is 5.88. The maximum atomic E-state index is 6.04. The SMILES string of the molecule is C/C(N)=C(\Cc1ccc(N(C)C)c2ccccc12)N(C)C. The highest BCUT2D eigenvalue weighted by Crippen LogP contribution is 2.30. The lowest BCUT2D eigenvalue weighted by Gasteiger charge is -2.22. The van der Waals surface area contributed by atoms with Gasteiger partial charge in [-0.2, -0.15) is 0 Å². The van der Waals surface area contributed by atoms with E-state index in [1.807, 2.05) is 21.0 Å². The Balaban J connectivity index is 2.57. The summed E-state index contributed by atoms with van der Waals surface area (Å²) in [7, 11) is 8.25. The first kappa shape index (κ1) is 15.2. The monoisotopic (exact) mass is 283 g/mol. The van der Waals surface area contributed by atoms with Gasteiger partial charge >= 0.3 is 0 Å². The number of hydrogen-bond donors (Lipinski definition) is 1. The van der Waals surface area contributed by atoms with Crippen LogP contribution in [0.2, 0.25) is 0 Å². The van der Waals surface area contributed by atoms with Crippen molar-refractivity contribution in [3.63, 3.8) is 0 Å². The zero-order valence-corrected chi connectivity index (χ0v) is 13.6. The molecule has 0 aromatic heterocycles. The van der Waals surface area contributed by atoms with E-state index in [9.17, 15) is 0 Å². The molecule has 3 nitrogen and oxygen atoms in total. The van der Waals surface area contributed by atoms with Crippen LogP contribution in [0.1, 0.15) is 12.5 Å². The molecule has 3 heteroatoms. The summed E-state index contributed by atoms with van der Waals surface area (Å²) >= 11 is 0. The van der Waals surface area contributed by atoms with Crippen LogP contribution in [-0.4, -0.2) is 33.1 Å². The summed E-state index contributed by atoms with van der Waals surface area (Å²) in [5, 5.41) is 2.58. The van der Waals surface area contributed by atoms with Crippen LogP contribution >= 0.6 is 0 Å². The third kappa shape index (κ3) is 3.13. The van der Waals surface area contributed by atoms with Crippen LogP contribution in [0, 0.1) is 0 Å². The summed E-state index contributed by atoms with van der Waals surface area (Å²) < 4.78 is 0. The van der Waals surface area contributed by atoms with Crippen LogP contribution in [-0.2, 0) is 6.42 Å². The van der Waals surface area contributed by atoms with Crippen molar-refractivity contribution in [2.75, 3.05) is 33.1 Å². The molecule has 2 aromatic rings. The van der Waals surface area contributed by atoms with Crippen molar-refractivity contribution in [3.05, 3.63) is 53.4 Å². The quantitative estimate of drug-likeness (QED) is 0.935. The molecule has 0 unspecified atom stereocenters. The van der Waals surface area contributed by atoms with E-state index in [-0.39, 0.29) is 0 Å². The molecule has 2 N–H and O–H groups in total. The van der Waals surface area contributed by atoms with E-state index >= 15 is 0 Å². The zero-order chi connectivity index (χ0) is 15.6. The third-order valence-electron chi connectivity index (χ3n) is 3.83. The van der Waals surface area contributed by atoms with Crippen LogP contribution < -0.4 is 10.6 Å². The molecule has 0 aliphatic carbocycles. The molecule has 0 spiro atoms. The number of likely N-dealkylation sites (N-methyl/N-ethyl adjacent to an activating group) is 1. The van der Waals surface area contributed by atoms with Gasteiger partial charge in [-0.25, -0.2) is 0 Å². The van der Waals surface area contributed by atoms with Gasteiger partial charge in [-0.1, -0.05) is 30.3 Å². The normalized spacial score (nSPS) is 12.2. The first-order valence-corrected chi connectivity index (χ1v) is 7.22. The van der Waals surface area contributed by atoms with Gasteiger partial charge in [0.05, 0.1) is 0 Å². The van der Waals surface area contributed by atoms with E-state index in [4.69, 9.17) is 5.73 Å². The fourth-order valence-corrected chi connectivity index (χ4v) is 2.72. The third-order valence-corrected chi connectivity index (χ3v) is 3.83. The van der Waals surface area contributed by atoms with Gasteiger partial charge in [0.1, 0.15) is 0 Å². The highest BCUT2D eigenvalue weighted by molar-refractivity contribution is 5.96. The first-order chi connectivity index (χ1) is 9.91. The van der Waals surface area contributed by atoms with Gasteiger partial charge in [0.25, 0.3) is 0 Å². The minimum Gasteiger partial charge on any atom is -0.401 e. The molecule has 0 saturated carbocycles. The minimum absolute atomic E-state index is 0.851. The fraction of sp³-hybridized carbons (Fsp3) is 0.333. The molecule has 0 fully saturated rings. The number of nitrogens with two attached hydrogens (primary N) is 1. The standard InChI is InChI=1S/C18H25N3/c1-13(19)18(21(4)5)12-14-10-11-17(20(2)3)16-9-7-6-8-15(14)16/h6-11H,12,19H2,1-5H3/b18-13-. The van der Waals surface area contributed by atoms with Crippen molar-refractivity contribution in [3.8, 4) is 0 Å². The van der Waals surface area contributed by atoms with Crippen molar-refractivity contribution >= 4 is 16.5 Å². The molecule has 0 atom stereocenters. The molecule has 21 heavy (non-hydrogen) atoms. The van der Waals surface area contributed by atoms with Crippen LogP contribution in [0.25, 0.3) is 10.8 Å². The lowest BCUT2D eigenvalue weighted by atomic mass is 9.98. The lowest BCUT2D eigenvalue weighted by Crippen LogP contribution is -2.18. The van der Waals surface area contributed by atoms with Crippen molar-refractivity contribution in [1.29, 1.82) is 0 Å². The number of hydrogen-bond acceptors (Lipinski definition) is 3. The predicted octanol–water partition coefficient (Wildman–Crippen LogP) is 3.20. The highest BCUT2D eigenvalue weighted by atomic mass is 15.1. The van der Waals surface area contributed by atoms with E-state index in [0.29, 0.717) is 0 Å². The summed E-state index contributed by atoms with van der Waals surface area (Å²) in [6.45, 7) is 1.96. The molecule has 0 aliphatic heterocycles. The Labute approximate surface area is 127 Å². The largest absolute Gasteiger partial charge is 0.401 e. The van der Waals surface area contributed by atoms with Crippen molar-refractivity contribution < 1.29 is 0 Å². The van der Waals surface area contributed by atoms with Gasteiger partial charge in [-0.3, -0.25) is 0 Å². The topological polar surface area (TPSA) is 32.5 Å². The van der Waals surface area contributed by atoms with E-state index in [0.717, 1.165) is 17.8 Å². The molecule has 112 valence electrons. The number of nitrogens with zero attached hydrogens (tertiary/aromatic N) is 2. The Kier molecular flexibility index (Phi) is 4.41. The average molecular weight is 283 g/mol. The number of allylic oxidation sites excluding steroid dienone is 2. The van der Waals surface area contributed by atoms with Crippen molar-refractivity contribution in [1.82, 2.24) is 4.90 Å². The van der Waals surface area contributed by atoms with Crippen LogP contribution in [0.4, 0.5) is 5.69 Å². The number of anilines is 1. The Bertz CT molecular complexity index is 665. The van der Waals surface area contributed by atoms with Gasteiger partial charge in [0, 0.05) is 57.1 Å². The van der Waals surface area contributed by atoms with E-state index < -0.39 is 0 Å². The summed E-state index contributed by atoms with van der Waals surface area (Å²) in [4.78, 5) is 4.26. The second kappa shape index (κ2) is 6.08. The summed E-state index contributed by atoms with van der Waals surface area (Å²) in [5.41, 5.74) is 10.6.